The standard InChI is InChI=1S/C27H34N4O4/c1-18(16-19-6-4-3-5-7-19)31-23-9-8-20-10-15-30(27(34)35-2)17-22(20)24(23)28-26(31)29-13-11-21(12-14-29)25(32)33/h3-9,18,21,27,34H,10-17H2,1-2H3,(H,32,33)/t18-,27?/m1/s1. The number of aliphatic hydroxyl groups is 1. The van der Waals surface area contributed by atoms with Crippen molar-refractivity contribution in [1.29, 1.82) is 0 Å². The van der Waals surface area contributed by atoms with Gasteiger partial charge in [0.05, 0.1) is 17.0 Å². The highest BCUT2D eigenvalue weighted by molar-refractivity contribution is 5.84. The number of carboxylic acid groups (broad SMARTS) is 1. The molecule has 2 N–H and O–H groups in total. The quantitative estimate of drug-likeness (QED) is 0.503. The van der Waals surface area contributed by atoms with Crippen LogP contribution in [-0.2, 0) is 28.9 Å². The number of ether oxygens (including phenoxy) is 1. The second-order valence-corrected chi connectivity index (χ2v) is 9.77. The molecule has 8 nitrogen and oxygen atoms in total. The molecule has 1 unspecified atom stereocenters. The highest BCUT2D eigenvalue weighted by Crippen LogP contribution is 2.35. The number of methoxy groups -OCH3 is 1. The van der Waals surface area contributed by atoms with Crippen LogP contribution in [0.4, 0.5) is 5.95 Å². The van der Waals surface area contributed by atoms with Crippen LogP contribution in [0.25, 0.3) is 11.0 Å². The molecule has 3 heterocycles. The normalized spacial score (nSPS) is 19.0. The molecule has 8 heteroatoms. The summed E-state index contributed by atoms with van der Waals surface area (Å²) in [6, 6.07) is 15.0. The van der Waals surface area contributed by atoms with Gasteiger partial charge in [-0.1, -0.05) is 36.4 Å². The minimum Gasteiger partial charge on any atom is -0.481 e. The van der Waals surface area contributed by atoms with Gasteiger partial charge >= 0.3 is 5.97 Å². The number of nitrogens with zero attached hydrogens (tertiary/aromatic N) is 4. The van der Waals surface area contributed by atoms with Gasteiger partial charge in [-0.05, 0) is 55.4 Å². The fourth-order valence-corrected chi connectivity index (χ4v) is 5.57. The van der Waals surface area contributed by atoms with Crippen LogP contribution in [-0.4, -0.2) is 63.8 Å². The van der Waals surface area contributed by atoms with Crippen LogP contribution in [0.1, 0.15) is 42.5 Å². The third-order valence-electron chi connectivity index (χ3n) is 7.54. The lowest BCUT2D eigenvalue weighted by molar-refractivity contribution is -0.181. The number of carbonyl (C=O) groups is 1. The molecule has 0 spiro atoms. The summed E-state index contributed by atoms with van der Waals surface area (Å²) in [5.74, 6) is -0.0887. The maximum absolute atomic E-state index is 11.5. The van der Waals surface area contributed by atoms with Crippen LogP contribution < -0.4 is 4.90 Å². The Morgan fingerprint density at radius 1 is 1.14 bits per heavy atom. The van der Waals surface area contributed by atoms with Gasteiger partial charge < -0.3 is 24.4 Å². The van der Waals surface area contributed by atoms with E-state index in [9.17, 15) is 15.0 Å². The summed E-state index contributed by atoms with van der Waals surface area (Å²) in [4.78, 5) is 20.9. The van der Waals surface area contributed by atoms with Gasteiger partial charge in [-0.15, -0.1) is 0 Å². The van der Waals surface area contributed by atoms with E-state index in [-0.39, 0.29) is 12.0 Å². The molecule has 0 amide bonds. The number of imidazole rings is 1. The van der Waals surface area contributed by atoms with Crippen molar-refractivity contribution in [3.8, 4) is 0 Å². The molecule has 1 saturated heterocycles. The SMILES string of the molecule is COC(O)N1CCc2ccc3c(nc(N4CCC(C(=O)O)CC4)n3[C@H](C)Cc3ccccc3)c2C1. The first kappa shape index (κ1) is 23.8. The number of anilines is 1. The molecular weight excluding hydrogens is 444 g/mol. The Labute approximate surface area is 205 Å². The lowest BCUT2D eigenvalue weighted by Gasteiger charge is -2.32. The fraction of sp³-hybridized carbons (Fsp3) is 0.481. The van der Waals surface area contributed by atoms with Gasteiger partial charge in [-0.25, -0.2) is 4.98 Å². The van der Waals surface area contributed by atoms with Crippen molar-refractivity contribution < 1.29 is 19.7 Å². The van der Waals surface area contributed by atoms with E-state index in [2.05, 4.69) is 52.8 Å². The molecular formula is C27H34N4O4. The van der Waals surface area contributed by atoms with Gasteiger partial charge in [-0.2, -0.15) is 0 Å². The summed E-state index contributed by atoms with van der Waals surface area (Å²) < 4.78 is 7.50. The minimum absolute atomic E-state index is 0.164. The van der Waals surface area contributed by atoms with Crippen LogP contribution in [0.2, 0.25) is 0 Å². The van der Waals surface area contributed by atoms with Crippen LogP contribution in [0.3, 0.4) is 0 Å². The first-order valence-electron chi connectivity index (χ1n) is 12.5. The average Bonchev–Trinajstić information content (AvgIpc) is 3.29. The summed E-state index contributed by atoms with van der Waals surface area (Å²) in [6.07, 6.45) is 2.01. The van der Waals surface area contributed by atoms with Crippen molar-refractivity contribution in [2.45, 2.75) is 51.6 Å². The van der Waals surface area contributed by atoms with Gasteiger partial charge in [0.25, 0.3) is 0 Å². The Morgan fingerprint density at radius 3 is 2.57 bits per heavy atom. The summed E-state index contributed by atoms with van der Waals surface area (Å²) in [6.45, 7) is 4.88. The number of piperidine rings is 1. The Kier molecular flexibility index (Phi) is 6.77. The number of aromatic nitrogens is 2. The zero-order chi connectivity index (χ0) is 24.5. The van der Waals surface area contributed by atoms with E-state index < -0.39 is 12.4 Å². The van der Waals surface area contributed by atoms with Crippen LogP contribution >= 0.6 is 0 Å². The summed E-state index contributed by atoms with van der Waals surface area (Å²) in [5, 5.41) is 19.8. The van der Waals surface area contributed by atoms with Gasteiger partial charge in [0.2, 0.25) is 12.4 Å². The lowest BCUT2D eigenvalue weighted by Crippen LogP contribution is -2.40. The number of benzene rings is 2. The zero-order valence-corrected chi connectivity index (χ0v) is 20.4. The summed E-state index contributed by atoms with van der Waals surface area (Å²) >= 11 is 0. The van der Waals surface area contributed by atoms with Crippen molar-refractivity contribution >= 4 is 23.0 Å². The summed E-state index contributed by atoms with van der Waals surface area (Å²) in [7, 11) is 1.51. The molecule has 0 radical (unpaired) electrons. The molecule has 3 aromatic rings. The van der Waals surface area contributed by atoms with Gasteiger partial charge in [0, 0.05) is 39.3 Å². The van der Waals surface area contributed by atoms with Crippen LogP contribution in [0.5, 0.6) is 0 Å². The van der Waals surface area contributed by atoms with Crippen molar-refractivity contribution in [3.05, 3.63) is 59.2 Å². The molecule has 0 saturated carbocycles. The van der Waals surface area contributed by atoms with E-state index >= 15 is 0 Å². The highest BCUT2D eigenvalue weighted by atomic mass is 16.6. The Bertz CT molecular complexity index is 1190. The topological polar surface area (TPSA) is 91.1 Å². The third kappa shape index (κ3) is 4.66. The Balaban J connectivity index is 1.56. The number of hydrogen-bond acceptors (Lipinski definition) is 6. The summed E-state index contributed by atoms with van der Waals surface area (Å²) in [5.41, 5.74) is 5.71. The third-order valence-corrected chi connectivity index (χ3v) is 7.54. The van der Waals surface area contributed by atoms with Crippen molar-refractivity contribution in [2.24, 2.45) is 5.92 Å². The number of rotatable bonds is 7. The van der Waals surface area contributed by atoms with Gasteiger partial charge in [0.15, 0.2) is 0 Å². The molecule has 5 rings (SSSR count). The van der Waals surface area contributed by atoms with E-state index in [1.165, 1.54) is 18.2 Å². The van der Waals surface area contributed by atoms with Crippen molar-refractivity contribution in [2.75, 3.05) is 31.6 Å². The number of aliphatic hydroxyl groups excluding tert-OH is 1. The van der Waals surface area contributed by atoms with E-state index in [4.69, 9.17) is 9.72 Å². The predicted octanol–water partition coefficient (Wildman–Crippen LogP) is 3.42. The minimum atomic E-state index is -0.938. The number of aliphatic carboxylic acids is 1. The smallest absolute Gasteiger partial charge is 0.306 e. The maximum Gasteiger partial charge on any atom is 0.306 e. The van der Waals surface area contributed by atoms with Crippen molar-refractivity contribution in [1.82, 2.24) is 14.5 Å². The molecule has 35 heavy (non-hydrogen) atoms. The first-order valence-corrected chi connectivity index (χ1v) is 12.5. The lowest BCUT2D eigenvalue weighted by atomic mass is 9.97. The second-order valence-electron chi connectivity index (χ2n) is 9.77. The fourth-order valence-electron chi connectivity index (χ4n) is 5.57. The molecule has 1 fully saturated rings. The van der Waals surface area contributed by atoms with E-state index in [1.54, 1.807) is 0 Å². The highest BCUT2D eigenvalue weighted by Gasteiger charge is 2.31. The molecule has 2 aliphatic heterocycles. The largest absolute Gasteiger partial charge is 0.481 e. The Hall–Kier alpha value is -2.94. The van der Waals surface area contributed by atoms with Crippen LogP contribution in [0, 0.1) is 5.92 Å². The molecule has 186 valence electrons. The number of hydrogen-bond donors (Lipinski definition) is 2. The van der Waals surface area contributed by atoms with E-state index in [1.807, 2.05) is 11.0 Å². The predicted molar refractivity (Wildman–Crippen MR) is 134 cm³/mol. The molecule has 2 aliphatic rings. The van der Waals surface area contributed by atoms with Gasteiger partial charge in [0.1, 0.15) is 0 Å². The van der Waals surface area contributed by atoms with E-state index in [0.717, 1.165) is 41.9 Å². The molecule has 2 atom stereocenters. The first-order chi connectivity index (χ1) is 17.0. The van der Waals surface area contributed by atoms with Gasteiger partial charge in [-0.3, -0.25) is 9.69 Å². The average molecular weight is 479 g/mol. The van der Waals surface area contributed by atoms with E-state index in [0.29, 0.717) is 32.5 Å². The Morgan fingerprint density at radius 2 is 1.89 bits per heavy atom. The molecule has 0 aliphatic carbocycles. The number of carboxylic acids is 1. The van der Waals surface area contributed by atoms with Crippen molar-refractivity contribution in [3.63, 3.8) is 0 Å². The molecule has 1 aromatic heterocycles. The zero-order valence-electron chi connectivity index (χ0n) is 20.4. The van der Waals surface area contributed by atoms with Crippen LogP contribution in [0.15, 0.2) is 42.5 Å². The monoisotopic (exact) mass is 478 g/mol. The molecule has 0 bridgehead atoms. The number of fused-ring (bicyclic) bond motifs is 3. The molecule has 2 aromatic carbocycles. The maximum atomic E-state index is 11.5. The second kappa shape index (κ2) is 9.97.